The van der Waals surface area contributed by atoms with Gasteiger partial charge in [-0.1, -0.05) is 50.1 Å². The maximum absolute atomic E-state index is 5.87. The van der Waals surface area contributed by atoms with Crippen LogP contribution in [-0.4, -0.2) is 12.6 Å². The van der Waals surface area contributed by atoms with Crippen molar-refractivity contribution in [3.63, 3.8) is 0 Å². The van der Waals surface area contributed by atoms with E-state index in [0.29, 0.717) is 12.6 Å². The topological polar surface area (TPSA) is 21.3 Å². The van der Waals surface area contributed by atoms with E-state index in [-0.39, 0.29) is 0 Å². The van der Waals surface area contributed by atoms with Crippen LogP contribution in [0, 0.1) is 5.92 Å². The molecule has 1 aliphatic carbocycles. The standard InChI is InChI=1S/C20H27NO/c1-3-22-20-12-11-16-8-4-5-10-18(16)19(20)14-21-17-9-6-7-15(2)13-17/h4-5,8,10-12,15,17,21H,3,6-7,9,13-14H2,1-2H3. The summed E-state index contributed by atoms with van der Waals surface area (Å²) in [6.45, 7) is 6.03. The second-order valence-electron chi connectivity index (χ2n) is 6.55. The van der Waals surface area contributed by atoms with Crippen LogP contribution in [0.25, 0.3) is 10.8 Å². The summed E-state index contributed by atoms with van der Waals surface area (Å²) in [6, 6.07) is 13.5. The molecule has 1 fully saturated rings. The van der Waals surface area contributed by atoms with Crippen molar-refractivity contribution in [1.82, 2.24) is 5.32 Å². The third-order valence-electron chi connectivity index (χ3n) is 4.80. The Kier molecular flexibility index (Phi) is 4.99. The highest BCUT2D eigenvalue weighted by molar-refractivity contribution is 5.87. The van der Waals surface area contributed by atoms with E-state index in [1.807, 2.05) is 0 Å². The predicted octanol–water partition coefficient (Wildman–Crippen LogP) is 4.91. The van der Waals surface area contributed by atoms with Gasteiger partial charge in [0, 0.05) is 18.2 Å². The molecule has 3 rings (SSSR count). The highest BCUT2D eigenvalue weighted by Crippen LogP contribution is 2.29. The van der Waals surface area contributed by atoms with Crippen molar-refractivity contribution in [2.45, 2.75) is 52.1 Å². The molecule has 1 N–H and O–H groups in total. The van der Waals surface area contributed by atoms with Gasteiger partial charge in [0.1, 0.15) is 5.75 Å². The van der Waals surface area contributed by atoms with Gasteiger partial charge in [-0.15, -0.1) is 0 Å². The molecule has 1 saturated carbocycles. The molecule has 0 aliphatic heterocycles. The van der Waals surface area contributed by atoms with Crippen molar-refractivity contribution >= 4 is 10.8 Å². The first kappa shape index (κ1) is 15.4. The first-order valence-corrected chi connectivity index (χ1v) is 8.64. The van der Waals surface area contributed by atoms with Crippen molar-refractivity contribution in [3.05, 3.63) is 42.0 Å². The average Bonchev–Trinajstić information content (AvgIpc) is 2.54. The van der Waals surface area contributed by atoms with Crippen molar-refractivity contribution < 1.29 is 4.74 Å². The Labute approximate surface area is 133 Å². The molecule has 2 heteroatoms. The number of benzene rings is 2. The number of rotatable bonds is 5. The summed E-state index contributed by atoms with van der Waals surface area (Å²) in [5, 5.41) is 6.38. The van der Waals surface area contributed by atoms with Crippen LogP contribution in [-0.2, 0) is 6.54 Å². The Morgan fingerprint density at radius 3 is 2.82 bits per heavy atom. The number of fused-ring (bicyclic) bond motifs is 1. The quantitative estimate of drug-likeness (QED) is 0.847. The minimum absolute atomic E-state index is 0.650. The summed E-state index contributed by atoms with van der Waals surface area (Å²) in [7, 11) is 0. The molecular formula is C20H27NO. The first-order valence-electron chi connectivity index (χ1n) is 8.64. The zero-order chi connectivity index (χ0) is 15.4. The van der Waals surface area contributed by atoms with Gasteiger partial charge in [-0.2, -0.15) is 0 Å². The Balaban J connectivity index is 1.82. The van der Waals surface area contributed by atoms with Gasteiger partial charge in [0.05, 0.1) is 6.61 Å². The lowest BCUT2D eigenvalue weighted by molar-refractivity contribution is 0.297. The summed E-state index contributed by atoms with van der Waals surface area (Å²) in [6.07, 6.45) is 5.34. The Hall–Kier alpha value is -1.54. The Bertz CT molecular complexity index is 622. The molecule has 22 heavy (non-hydrogen) atoms. The van der Waals surface area contributed by atoms with Crippen LogP contribution < -0.4 is 10.1 Å². The SMILES string of the molecule is CCOc1ccc2ccccc2c1CNC1CCCC(C)C1. The summed E-state index contributed by atoms with van der Waals surface area (Å²) >= 11 is 0. The van der Waals surface area contributed by atoms with Gasteiger partial charge in [-0.05, 0) is 42.5 Å². The number of hydrogen-bond donors (Lipinski definition) is 1. The molecule has 0 heterocycles. The maximum atomic E-state index is 5.87. The summed E-state index contributed by atoms with van der Waals surface area (Å²) < 4.78 is 5.87. The van der Waals surface area contributed by atoms with E-state index in [1.165, 1.54) is 42.0 Å². The molecule has 0 saturated heterocycles. The van der Waals surface area contributed by atoms with Gasteiger partial charge in [0.15, 0.2) is 0 Å². The average molecular weight is 297 g/mol. The molecule has 0 amide bonds. The van der Waals surface area contributed by atoms with E-state index in [1.54, 1.807) is 0 Å². The minimum Gasteiger partial charge on any atom is -0.494 e. The van der Waals surface area contributed by atoms with Crippen LogP contribution in [0.4, 0.5) is 0 Å². The summed E-state index contributed by atoms with van der Waals surface area (Å²) in [5.74, 6) is 1.88. The van der Waals surface area contributed by atoms with Gasteiger partial charge in [0.2, 0.25) is 0 Å². The Morgan fingerprint density at radius 2 is 2.00 bits per heavy atom. The normalized spacial score (nSPS) is 21.9. The van der Waals surface area contributed by atoms with Crippen molar-refractivity contribution in [2.75, 3.05) is 6.61 Å². The number of ether oxygens (including phenoxy) is 1. The third kappa shape index (κ3) is 3.44. The molecule has 2 nitrogen and oxygen atoms in total. The number of nitrogens with one attached hydrogen (secondary N) is 1. The summed E-state index contributed by atoms with van der Waals surface area (Å²) in [4.78, 5) is 0. The van der Waals surface area contributed by atoms with E-state index in [9.17, 15) is 0 Å². The summed E-state index contributed by atoms with van der Waals surface area (Å²) in [5.41, 5.74) is 1.30. The van der Waals surface area contributed by atoms with Crippen LogP contribution in [0.3, 0.4) is 0 Å². The van der Waals surface area contributed by atoms with E-state index in [2.05, 4.69) is 55.6 Å². The van der Waals surface area contributed by atoms with E-state index in [4.69, 9.17) is 4.74 Å². The van der Waals surface area contributed by atoms with Crippen LogP contribution >= 0.6 is 0 Å². The molecule has 2 aromatic rings. The smallest absolute Gasteiger partial charge is 0.124 e. The molecular weight excluding hydrogens is 270 g/mol. The monoisotopic (exact) mass is 297 g/mol. The lowest BCUT2D eigenvalue weighted by atomic mass is 9.87. The van der Waals surface area contributed by atoms with Gasteiger partial charge in [-0.3, -0.25) is 0 Å². The molecule has 0 bridgehead atoms. The Morgan fingerprint density at radius 1 is 1.14 bits per heavy atom. The largest absolute Gasteiger partial charge is 0.494 e. The van der Waals surface area contributed by atoms with Crippen LogP contribution in [0.1, 0.15) is 45.1 Å². The van der Waals surface area contributed by atoms with Crippen LogP contribution in [0.2, 0.25) is 0 Å². The zero-order valence-electron chi connectivity index (χ0n) is 13.8. The highest BCUT2D eigenvalue weighted by Gasteiger charge is 2.19. The van der Waals surface area contributed by atoms with E-state index < -0.39 is 0 Å². The maximum Gasteiger partial charge on any atom is 0.124 e. The first-order chi connectivity index (χ1) is 10.8. The molecule has 2 aromatic carbocycles. The van der Waals surface area contributed by atoms with E-state index in [0.717, 1.165) is 18.2 Å². The second kappa shape index (κ2) is 7.15. The fourth-order valence-corrected chi connectivity index (χ4v) is 3.65. The molecule has 1 aliphatic rings. The van der Waals surface area contributed by atoms with Gasteiger partial charge >= 0.3 is 0 Å². The van der Waals surface area contributed by atoms with Crippen LogP contribution in [0.5, 0.6) is 5.75 Å². The van der Waals surface area contributed by atoms with Crippen molar-refractivity contribution in [1.29, 1.82) is 0 Å². The molecule has 0 spiro atoms. The molecule has 2 unspecified atom stereocenters. The molecule has 0 radical (unpaired) electrons. The minimum atomic E-state index is 0.650. The molecule has 2 atom stereocenters. The van der Waals surface area contributed by atoms with Gasteiger partial charge < -0.3 is 10.1 Å². The number of hydrogen-bond acceptors (Lipinski definition) is 2. The van der Waals surface area contributed by atoms with Crippen LogP contribution in [0.15, 0.2) is 36.4 Å². The van der Waals surface area contributed by atoms with Gasteiger partial charge in [-0.25, -0.2) is 0 Å². The van der Waals surface area contributed by atoms with E-state index >= 15 is 0 Å². The lowest BCUT2D eigenvalue weighted by Crippen LogP contribution is -2.33. The fourth-order valence-electron chi connectivity index (χ4n) is 3.65. The third-order valence-corrected chi connectivity index (χ3v) is 4.80. The van der Waals surface area contributed by atoms with Crippen molar-refractivity contribution in [3.8, 4) is 5.75 Å². The zero-order valence-corrected chi connectivity index (χ0v) is 13.8. The molecule has 118 valence electrons. The van der Waals surface area contributed by atoms with Gasteiger partial charge in [0.25, 0.3) is 0 Å². The lowest BCUT2D eigenvalue weighted by Gasteiger charge is -2.28. The predicted molar refractivity (Wildman–Crippen MR) is 93.4 cm³/mol. The molecule has 0 aromatic heterocycles. The fraction of sp³-hybridized carbons (Fsp3) is 0.500. The second-order valence-corrected chi connectivity index (χ2v) is 6.55. The van der Waals surface area contributed by atoms with Crippen molar-refractivity contribution in [2.24, 2.45) is 5.92 Å². The highest BCUT2D eigenvalue weighted by atomic mass is 16.5.